The molecule has 7 aromatic rings. The molecule has 2 atom stereocenters. The predicted molar refractivity (Wildman–Crippen MR) is 482 cm³/mol. The minimum atomic E-state index is -4.69. The van der Waals surface area contributed by atoms with Gasteiger partial charge in [-0.25, -0.2) is 9.69 Å². The van der Waals surface area contributed by atoms with Gasteiger partial charge in [0.15, 0.2) is 5.69 Å². The Bertz CT molecular complexity index is 5810. The van der Waals surface area contributed by atoms with E-state index in [1.54, 1.807) is 59.5 Å². The largest absolute Gasteiger partial charge is 0.489 e. The average Bonchev–Trinajstić information content (AvgIpc) is 1.25. The lowest BCUT2D eigenvalue weighted by molar-refractivity contribution is -0.164. The third kappa shape index (κ3) is 19.6. The van der Waals surface area contributed by atoms with Crippen molar-refractivity contribution in [3.8, 4) is 11.5 Å². The summed E-state index contributed by atoms with van der Waals surface area (Å²) in [5.41, 5.74) is 5.06. The van der Waals surface area contributed by atoms with Gasteiger partial charge >= 0.3 is 6.18 Å². The molecule has 690 valence electrons. The van der Waals surface area contributed by atoms with E-state index < -0.39 is 80.2 Å². The first-order valence-electron chi connectivity index (χ1n) is 44.2. The molecule has 7 aromatic carbocycles. The lowest BCUT2D eigenvalue weighted by atomic mass is 9.49. The van der Waals surface area contributed by atoms with E-state index in [-0.39, 0.29) is 106 Å². The smallest absolute Gasteiger partial charge is 0.407 e. The fourth-order valence-electron chi connectivity index (χ4n) is 20.8. The van der Waals surface area contributed by atoms with E-state index in [2.05, 4.69) is 96.9 Å². The van der Waals surface area contributed by atoms with Crippen molar-refractivity contribution in [3.05, 3.63) is 229 Å². The molecule has 131 heavy (non-hydrogen) atoms. The highest BCUT2D eigenvalue weighted by Crippen LogP contribution is 2.58. The number of anilines is 2. The van der Waals surface area contributed by atoms with Crippen LogP contribution in [0.5, 0.6) is 11.5 Å². The second-order valence-corrected chi connectivity index (χ2v) is 40.4. The van der Waals surface area contributed by atoms with Gasteiger partial charge in [0.2, 0.25) is 29.3 Å². The number of imide groups is 3. The second kappa shape index (κ2) is 37.2. The molecule has 8 aliphatic heterocycles. The van der Waals surface area contributed by atoms with E-state index in [1.807, 2.05) is 77.1 Å². The predicted octanol–water partition coefficient (Wildman–Crippen LogP) is 13.1. The molecule has 0 bridgehead atoms. The van der Waals surface area contributed by atoms with Crippen molar-refractivity contribution >= 4 is 97.6 Å². The summed E-state index contributed by atoms with van der Waals surface area (Å²) >= 11 is 6.27. The number of piperazine rings is 2. The maximum atomic E-state index is 13.5. The molecule has 17 rings (SSSR count). The highest BCUT2D eigenvalue weighted by Gasteiger charge is 2.66. The maximum Gasteiger partial charge on any atom is 0.407 e. The number of ether oxygens (including phenoxy) is 4. The Balaban J connectivity index is 0.000000161. The Morgan fingerprint density at radius 1 is 0.557 bits per heavy atom. The molecule has 2 saturated carbocycles. The third-order valence-corrected chi connectivity index (χ3v) is 29.3. The molecule has 0 aromatic heterocycles. The van der Waals surface area contributed by atoms with Crippen LogP contribution in [0.1, 0.15) is 174 Å². The molecule has 10 aliphatic rings. The molecule has 0 radical (unpaired) electrons. The van der Waals surface area contributed by atoms with Crippen molar-refractivity contribution in [3.63, 3.8) is 0 Å². The quantitative estimate of drug-likeness (QED) is 0.0213. The van der Waals surface area contributed by atoms with Gasteiger partial charge in [-0.05, 0) is 166 Å². The van der Waals surface area contributed by atoms with Crippen LogP contribution in [0.25, 0.3) is 9.69 Å². The van der Waals surface area contributed by atoms with Gasteiger partial charge in [0, 0.05) is 144 Å². The molecule has 8 fully saturated rings. The van der Waals surface area contributed by atoms with E-state index in [0.29, 0.717) is 83.3 Å². The molecule has 33 heteroatoms. The number of rotatable bonds is 24. The fourth-order valence-corrected chi connectivity index (χ4v) is 22.0. The second-order valence-electron chi connectivity index (χ2n) is 38.4. The number of carbonyl (C=O) groups is 9. The SMILES string of the molecule is O=C1CCC(N2C(=O)c3ccc(N4CCNCC4)cc3C2=O)C(=O)N1.[C-]#[N+]c1ccc(OC2C(C)(C)C(NC(=O)c3ccc(CC4(CCN5CCN(c6ccc7c(c6)CN(C6CCC(=O)NC6=O)C7=O)CC5)COC4)cc3)C2(C)C)cc1Cl.[C-]#[N+]c1ccc(OC2C(C)(C)C(NC(=O)c3ccc(CC4(CCOS(=O)(=O)c5ccc(C)cc5)COC4)cc3)C2(C)C)cc1C(F)(F)F. The molecule has 0 spiro atoms. The van der Waals surface area contributed by atoms with Crippen LogP contribution in [-0.4, -0.2) is 205 Å². The third-order valence-electron chi connectivity index (χ3n) is 27.7. The Labute approximate surface area is 765 Å². The lowest BCUT2D eigenvalue weighted by Gasteiger charge is -2.63. The van der Waals surface area contributed by atoms with E-state index in [9.17, 15) is 64.7 Å². The number of aryl methyl sites for hydroxylation is 1. The average molecular weight is 1830 g/mol. The Morgan fingerprint density at radius 3 is 1.53 bits per heavy atom. The highest BCUT2D eigenvalue weighted by molar-refractivity contribution is 7.86. The minimum Gasteiger partial charge on any atom is -0.489 e. The van der Waals surface area contributed by atoms with Gasteiger partial charge in [-0.15, -0.1) is 0 Å². The van der Waals surface area contributed by atoms with Crippen molar-refractivity contribution < 1.29 is 87.9 Å². The number of nitrogens with zero attached hydrogens (tertiary/aromatic N) is 7. The minimum absolute atomic E-state index is 0.00956. The maximum absolute atomic E-state index is 13.5. The van der Waals surface area contributed by atoms with Crippen molar-refractivity contribution in [2.75, 3.05) is 102 Å². The van der Waals surface area contributed by atoms with Gasteiger partial charge in [-0.3, -0.25) is 67.8 Å². The van der Waals surface area contributed by atoms with Gasteiger partial charge in [0.1, 0.15) is 35.8 Å². The number of piperidine rings is 2. The molecule has 2 aliphatic carbocycles. The zero-order chi connectivity index (χ0) is 93.7. The summed E-state index contributed by atoms with van der Waals surface area (Å²) in [5.74, 6) is -2.51. The molecule has 6 saturated heterocycles. The molecule has 28 nitrogen and oxygen atoms in total. The van der Waals surface area contributed by atoms with Gasteiger partial charge < -0.3 is 49.6 Å². The summed E-state index contributed by atoms with van der Waals surface area (Å²) in [7, 11) is -3.87. The number of halogens is 4. The molecule has 9 amide bonds. The zero-order valence-corrected chi connectivity index (χ0v) is 76.2. The topological polar surface area (TPSA) is 319 Å². The first kappa shape index (κ1) is 94.0. The monoisotopic (exact) mass is 1830 g/mol. The molecule has 8 heterocycles. The molecule has 2 unspecified atom stereocenters. The summed E-state index contributed by atoms with van der Waals surface area (Å²) in [6.07, 6.45) is -1.48. The van der Waals surface area contributed by atoms with E-state index in [0.717, 1.165) is 130 Å². The highest BCUT2D eigenvalue weighted by atomic mass is 35.5. The van der Waals surface area contributed by atoms with Crippen molar-refractivity contribution in [1.29, 1.82) is 0 Å². The normalized spacial score (nSPS) is 23.1. The van der Waals surface area contributed by atoms with E-state index in [4.69, 9.17) is 47.9 Å². The van der Waals surface area contributed by atoms with Crippen LogP contribution in [0.4, 0.5) is 35.9 Å². The van der Waals surface area contributed by atoms with Crippen molar-refractivity contribution in [2.45, 2.75) is 168 Å². The lowest BCUT2D eigenvalue weighted by Crippen LogP contribution is -2.74. The number of benzene rings is 7. The van der Waals surface area contributed by atoms with Gasteiger partial charge in [-0.2, -0.15) is 21.6 Å². The number of alkyl halides is 3. The van der Waals surface area contributed by atoms with Crippen molar-refractivity contribution in [2.24, 2.45) is 32.5 Å². The first-order chi connectivity index (χ1) is 62.1. The van der Waals surface area contributed by atoms with Gasteiger partial charge in [0.25, 0.3) is 39.7 Å². The molecular formula is C98H108ClF3N12O16S. The van der Waals surface area contributed by atoms with Crippen LogP contribution in [0.3, 0.4) is 0 Å². The standard InChI is InChI=1S/C45H51ClN6O6.C36H39F3N2O6S.C17H18N4O4/c1-43(2)41(44(3,4)42(43)58-32-11-13-35(47-5)34(46)23-32)49-38(54)29-8-6-28(7-9-29)24-45(26-57-27-45)16-17-50-18-20-51(21-19-50)31-10-12-33-30(22-31)25-52(40(33)56)36-14-15-37(53)48-39(36)55;1-23-7-14-27(15-8-23)48(43,44)46-18-17-35(21-45-22-35)20-24-9-11-25(12-10-24)30(42)41-31-33(2,3)32(34(31,4)5)47-26-13-16-29(40-6)28(19-26)36(37,38)39;22-14-4-3-13(15(23)19-14)21-16(24)11-2-1-10(9-12(11)17(21)25)20-7-5-18-6-8-20/h6-13,22-23,36,41-42H,14-21,24-27H2,1-4H3,(H,49,54)(H,48,53,55);7-16,19,31-32H,17-18,20-22H2,1-5H3,(H,41,42);1-2,9,13,18H,3-8H2,(H,19,22,23). The summed E-state index contributed by atoms with van der Waals surface area (Å²) in [6.45, 7) is 43.0. The summed E-state index contributed by atoms with van der Waals surface area (Å²) in [4.78, 5) is 129. The molecular weight excluding hydrogens is 1730 g/mol. The summed E-state index contributed by atoms with van der Waals surface area (Å²) in [5, 5.41) is 14.6. The van der Waals surface area contributed by atoms with Crippen LogP contribution >= 0.6 is 11.6 Å². The number of hydrogen-bond acceptors (Lipinski definition) is 20. The van der Waals surface area contributed by atoms with Crippen LogP contribution in [0, 0.1) is 52.6 Å². The summed E-state index contributed by atoms with van der Waals surface area (Å²) < 4.78 is 94.8. The molecule has 5 N–H and O–H groups in total. The zero-order valence-electron chi connectivity index (χ0n) is 74.7. The van der Waals surface area contributed by atoms with E-state index >= 15 is 0 Å². The Morgan fingerprint density at radius 2 is 1.04 bits per heavy atom. The van der Waals surface area contributed by atoms with Gasteiger partial charge in [0.05, 0.1) is 72.8 Å². The Hall–Kier alpha value is -11.6. The summed E-state index contributed by atoms with van der Waals surface area (Å²) in [6, 6.07) is 39.3. The van der Waals surface area contributed by atoms with Crippen molar-refractivity contribution in [1.82, 2.24) is 41.3 Å². The van der Waals surface area contributed by atoms with Crippen LogP contribution < -0.4 is 45.9 Å². The number of carbonyl (C=O) groups excluding carboxylic acids is 9. The van der Waals surface area contributed by atoms with Gasteiger partial charge in [-0.1, -0.05) is 121 Å². The Kier molecular flexibility index (Phi) is 26.7. The first-order valence-corrected chi connectivity index (χ1v) is 46.0. The number of nitrogens with one attached hydrogen (secondary N) is 5. The van der Waals surface area contributed by atoms with Crippen LogP contribution in [-0.2, 0) is 68.5 Å². The van der Waals surface area contributed by atoms with Crippen LogP contribution in [0.2, 0.25) is 5.02 Å². The number of amides is 9. The van der Waals surface area contributed by atoms with Crippen LogP contribution in [0.15, 0.2) is 150 Å². The number of fused-ring (bicyclic) bond motifs is 2. The number of hydrogen-bond donors (Lipinski definition) is 5. The van der Waals surface area contributed by atoms with E-state index in [1.165, 1.54) is 23.8 Å². The fraction of sp³-hybridized carbons (Fsp3) is 0.459.